The maximum absolute atomic E-state index is 10.5. The summed E-state index contributed by atoms with van der Waals surface area (Å²) in [6.07, 6.45) is 0. The number of benzene rings is 2. The number of methoxy groups -OCH3 is 2. The molecule has 3 rings (SSSR count). The lowest BCUT2D eigenvalue weighted by molar-refractivity contribution is 0.206. The molecule has 2 aromatic carbocycles. The second-order valence-electron chi connectivity index (χ2n) is 7.51. The lowest BCUT2D eigenvalue weighted by atomic mass is 9.98. The molecule has 8 nitrogen and oxygen atoms in total. The van der Waals surface area contributed by atoms with Gasteiger partial charge in [0.1, 0.15) is 17.2 Å². The van der Waals surface area contributed by atoms with Crippen LogP contribution in [0.2, 0.25) is 0 Å². The van der Waals surface area contributed by atoms with Gasteiger partial charge in [0, 0.05) is 26.8 Å². The van der Waals surface area contributed by atoms with Crippen LogP contribution in [0.15, 0.2) is 35.5 Å². The summed E-state index contributed by atoms with van der Waals surface area (Å²) in [5, 5.41) is 29.5. The molecule has 0 amide bonds. The van der Waals surface area contributed by atoms with E-state index >= 15 is 0 Å². The number of thiol groups is 1. The van der Waals surface area contributed by atoms with E-state index in [9.17, 15) is 10.2 Å². The molecule has 31 heavy (non-hydrogen) atoms. The van der Waals surface area contributed by atoms with Crippen LogP contribution in [-0.4, -0.2) is 59.4 Å². The number of ether oxygens (including phenoxy) is 2. The summed E-state index contributed by atoms with van der Waals surface area (Å²) < 4.78 is 12.5. The van der Waals surface area contributed by atoms with Crippen molar-refractivity contribution in [2.24, 2.45) is 0 Å². The van der Waals surface area contributed by atoms with Crippen molar-refractivity contribution in [3.05, 3.63) is 35.9 Å². The van der Waals surface area contributed by atoms with Crippen molar-refractivity contribution < 1.29 is 19.7 Å². The molecule has 0 aliphatic heterocycles. The van der Waals surface area contributed by atoms with Crippen molar-refractivity contribution in [1.29, 1.82) is 0 Å². The molecule has 0 atom stereocenters. The number of likely N-dealkylation sites (N-methyl/N-ethyl adjacent to an activating group) is 1. The van der Waals surface area contributed by atoms with Crippen molar-refractivity contribution in [3.8, 4) is 34.3 Å². The van der Waals surface area contributed by atoms with E-state index in [1.165, 1.54) is 6.07 Å². The molecule has 0 aliphatic rings. The molecule has 0 spiro atoms. The predicted molar refractivity (Wildman–Crippen MR) is 123 cm³/mol. The van der Waals surface area contributed by atoms with Crippen LogP contribution >= 0.6 is 12.6 Å². The Labute approximate surface area is 187 Å². The summed E-state index contributed by atoms with van der Waals surface area (Å²) >= 11 is 4.49. The highest BCUT2D eigenvalue weighted by Gasteiger charge is 2.21. The normalized spacial score (nSPS) is 11.2. The van der Waals surface area contributed by atoms with Crippen molar-refractivity contribution in [2.75, 3.05) is 39.3 Å². The fraction of sp³-hybridized carbons (Fsp3) is 0.364. The zero-order valence-electron chi connectivity index (χ0n) is 18.3. The van der Waals surface area contributed by atoms with Crippen LogP contribution in [0, 0.1) is 0 Å². The molecule has 0 saturated heterocycles. The van der Waals surface area contributed by atoms with E-state index in [2.05, 4.69) is 22.8 Å². The van der Waals surface area contributed by atoms with Gasteiger partial charge < -0.3 is 24.6 Å². The SMILES string of the molecule is COCCN(C)c1cc(-n2c(S)nnc2-c2cc(C(C)C)c(O)cc2O)ccc1OC. The Morgan fingerprint density at radius 3 is 2.48 bits per heavy atom. The number of anilines is 1. The van der Waals surface area contributed by atoms with Crippen LogP contribution < -0.4 is 9.64 Å². The highest BCUT2D eigenvalue weighted by Crippen LogP contribution is 2.39. The molecule has 9 heteroatoms. The van der Waals surface area contributed by atoms with Crippen molar-refractivity contribution in [2.45, 2.75) is 24.9 Å². The molecule has 0 unspecified atom stereocenters. The highest BCUT2D eigenvalue weighted by atomic mass is 32.1. The summed E-state index contributed by atoms with van der Waals surface area (Å²) in [7, 11) is 5.24. The number of phenolic OH excluding ortho intramolecular Hbond substituents is 2. The molecule has 0 saturated carbocycles. The van der Waals surface area contributed by atoms with E-state index in [1.54, 1.807) is 24.9 Å². The maximum Gasteiger partial charge on any atom is 0.193 e. The number of hydrogen-bond acceptors (Lipinski definition) is 8. The van der Waals surface area contributed by atoms with Gasteiger partial charge in [-0.3, -0.25) is 4.57 Å². The molecule has 3 aromatic rings. The average Bonchev–Trinajstić information content (AvgIpc) is 3.12. The number of aromatic nitrogens is 3. The van der Waals surface area contributed by atoms with Gasteiger partial charge >= 0.3 is 0 Å². The van der Waals surface area contributed by atoms with Gasteiger partial charge in [-0.05, 0) is 35.7 Å². The van der Waals surface area contributed by atoms with Gasteiger partial charge in [-0.15, -0.1) is 22.8 Å². The molecule has 0 radical (unpaired) electrons. The summed E-state index contributed by atoms with van der Waals surface area (Å²) in [6.45, 7) is 5.18. The first-order valence-corrected chi connectivity index (χ1v) is 10.3. The monoisotopic (exact) mass is 444 g/mol. The van der Waals surface area contributed by atoms with E-state index < -0.39 is 0 Å². The summed E-state index contributed by atoms with van der Waals surface area (Å²) in [5.74, 6) is 1.15. The summed E-state index contributed by atoms with van der Waals surface area (Å²) in [5.41, 5.74) is 2.78. The quantitative estimate of drug-likeness (QED) is 0.455. The molecule has 0 aliphatic carbocycles. The van der Waals surface area contributed by atoms with Crippen molar-refractivity contribution in [3.63, 3.8) is 0 Å². The Bertz CT molecular complexity index is 1070. The molecule has 2 N–H and O–H groups in total. The van der Waals surface area contributed by atoms with Crippen LogP contribution in [0.3, 0.4) is 0 Å². The largest absolute Gasteiger partial charge is 0.508 e. The highest BCUT2D eigenvalue weighted by molar-refractivity contribution is 7.80. The van der Waals surface area contributed by atoms with Gasteiger partial charge in [0.05, 0.1) is 30.7 Å². The average molecular weight is 445 g/mol. The molecular weight excluding hydrogens is 416 g/mol. The second-order valence-corrected chi connectivity index (χ2v) is 7.91. The first-order valence-electron chi connectivity index (χ1n) is 9.87. The Morgan fingerprint density at radius 2 is 1.84 bits per heavy atom. The molecule has 0 bridgehead atoms. The fourth-order valence-electron chi connectivity index (χ4n) is 3.39. The zero-order valence-corrected chi connectivity index (χ0v) is 19.2. The number of phenols is 2. The third kappa shape index (κ3) is 4.57. The first kappa shape index (κ1) is 22.8. The van der Waals surface area contributed by atoms with Crippen LogP contribution in [-0.2, 0) is 4.74 Å². The Balaban J connectivity index is 2.15. The second kappa shape index (κ2) is 9.49. The van der Waals surface area contributed by atoms with Gasteiger partial charge in [-0.2, -0.15) is 0 Å². The Kier molecular flexibility index (Phi) is 6.97. The van der Waals surface area contributed by atoms with Crippen molar-refractivity contribution >= 4 is 18.3 Å². The van der Waals surface area contributed by atoms with E-state index in [-0.39, 0.29) is 17.4 Å². The summed E-state index contributed by atoms with van der Waals surface area (Å²) in [6, 6.07) is 8.75. The molecule has 1 heterocycles. The fourth-order valence-corrected chi connectivity index (χ4v) is 3.64. The van der Waals surface area contributed by atoms with Gasteiger partial charge in [-0.1, -0.05) is 13.8 Å². The smallest absolute Gasteiger partial charge is 0.193 e. The topological polar surface area (TPSA) is 92.9 Å². The standard InChI is InChI=1S/C22H28N4O4S/c1-13(2)15-11-16(19(28)12-18(15)27)21-23-24-22(31)26(21)14-6-7-20(30-5)17(10-14)25(3)8-9-29-4/h6-7,10-13,27-28H,8-9H2,1-5H3,(H,24,31). The minimum Gasteiger partial charge on any atom is -0.508 e. The lowest BCUT2D eigenvalue weighted by Gasteiger charge is -2.22. The van der Waals surface area contributed by atoms with E-state index in [0.29, 0.717) is 41.0 Å². The van der Waals surface area contributed by atoms with E-state index in [1.807, 2.05) is 44.0 Å². The number of rotatable bonds is 8. The minimum absolute atomic E-state index is 0.0416. The number of aromatic hydroxyl groups is 2. The van der Waals surface area contributed by atoms with E-state index in [0.717, 1.165) is 11.4 Å². The molecular formula is C22H28N4O4S. The summed E-state index contributed by atoms with van der Waals surface area (Å²) in [4.78, 5) is 2.03. The third-order valence-corrected chi connectivity index (χ3v) is 5.41. The Hall–Kier alpha value is -2.91. The van der Waals surface area contributed by atoms with Crippen molar-refractivity contribution in [1.82, 2.24) is 14.8 Å². The predicted octanol–water partition coefficient (Wildman–Crippen LogP) is 3.85. The number of nitrogens with zero attached hydrogens (tertiary/aromatic N) is 4. The minimum atomic E-state index is -0.0881. The number of hydrogen-bond donors (Lipinski definition) is 3. The molecule has 166 valence electrons. The van der Waals surface area contributed by atoms with Crippen LogP contribution in [0.5, 0.6) is 17.2 Å². The zero-order chi connectivity index (χ0) is 22.7. The lowest BCUT2D eigenvalue weighted by Crippen LogP contribution is -2.22. The van der Waals surface area contributed by atoms with Gasteiger partial charge in [0.15, 0.2) is 11.0 Å². The van der Waals surface area contributed by atoms with Gasteiger partial charge in [0.2, 0.25) is 0 Å². The van der Waals surface area contributed by atoms with Crippen LogP contribution in [0.25, 0.3) is 17.1 Å². The van der Waals surface area contributed by atoms with Crippen LogP contribution in [0.1, 0.15) is 25.3 Å². The Morgan fingerprint density at radius 1 is 1.10 bits per heavy atom. The van der Waals surface area contributed by atoms with Crippen LogP contribution in [0.4, 0.5) is 5.69 Å². The molecule has 0 fully saturated rings. The van der Waals surface area contributed by atoms with E-state index in [4.69, 9.17) is 9.47 Å². The van der Waals surface area contributed by atoms with Gasteiger partial charge in [-0.25, -0.2) is 0 Å². The third-order valence-electron chi connectivity index (χ3n) is 5.12. The van der Waals surface area contributed by atoms with Gasteiger partial charge in [0.25, 0.3) is 0 Å². The molecule has 1 aromatic heterocycles. The maximum atomic E-state index is 10.5. The first-order chi connectivity index (χ1) is 14.8.